The molecule has 0 nitrogen and oxygen atoms in total. The van der Waals surface area contributed by atoms with Crippen LogP contribution in [0, 0.1) is 0 Å². The van der Waals surface area contributed by atoms with E-state index in [9.17, 15) is 0 Å². The smallest absolute Gasteiger partial charge is 1.00 e. The van der Waals surface area contributed by atoms with Gasteiger partial charge >= 0.3 is 23.1 Å². The molecule has 0 radical (unpaired) electrons. The van der Waals surface area contributed by atoms with Gasteiger partial charge in [0.15, 0.2) is 0 Å². The summed E-state index contributed by atoms with van der Waals surface area (Å²) in [5.41, 5.74) is 2.70. The first-order valence-corrected chi connectivity index (χ1v) is 1.94. The van der Waals surface area contributed by atoms with E-state index in [2.05, 4.69) is 0 Å². The van der Waals surface area contributed by atoms with Crippen LogP contribution in [0.1, 0.15) is 16.7 Å². The van der Waals surface area contributed by atoms with Crippen LogP contribution in [-0.2, 0) is 0 Å². The molecular formula is C4H9ClMg. The molecule has 0 aliphatic carbocycles. The monoisotopic (exact) mass is 116 g/mol. The summed E-state index contributed by atoms with van der Waals surface area (Å²) in [7, 11) is 0. The zero-order valence-corrected chi connectivity index (χ0v) is 6.33. The van der Waals surface area contributed by atoms with E-state index in [0.29, 0.717) is 0 Å². The van der Waals surface area contributed by atoms with Gasteiger partial charge in [-0.2, -0.15) is 0 Å². The van der Waals surface area contributed by atoms with Gasteiger partial charge in [-0.3, -0.25) is 0 Å². The normalized spacial score (nSPS) is 5.83. The van der Waals surface area contributed by atoms with E-state index in [1.54, 1.807) is 5.54 Å². The maximum absolute atomic E-state index is 5.17. The first-order chi connectivity index (χ1) is 2.27. The molecule has 0 bridgehead atoms. The van der Waals surface area contributed by atoms with Crippen molar-refractivity contribution >= 4 is 34.7 Å². The molecule has 0 amide bonds. The quantitative estimate of drug-likeness (QED) is 0.425. The first kappa shape index (κ1) is 9.93. The average Bonchev–Trinajstić information content (AvgIpc) is 1.38. The summed E-state index contributed by atoms with van der Waals surface area (Å²) in [4.78, 5) is 0. The molecule has 0 saturated carbocycles. The van der Waals surface area contributed by atoms with E-state index in [0.717, 1.165) is 5.57 Å². The second kappa shape index (κ2) is 5.80. The van der Waals surface area contributed by atoms with Crippen LogP contribution in [0.4, 0.5) is 0 Å². The molecule has 0 saturated heterocycles. The summed E-state index contributed by atoms with van der Waals surface area (Å²) < 4.78 is 0. The number of allylic oxidation sites excluding steroid dienone is 1. The van der Waals surface area contributed by atoms with Gasteiger partial charge in [0.2, 0.25) is 0 Å². The predicted octanol–water partition coefficient (Wildman–Crippen LogP) is 1.99. The largest absolute Gasteiger partial charge is 2.00 e. The molecule has 0 N–H and O–H groups in total. The van der Waals surface area contributed by atoms with Crippen LogP contribution < -0.4 is 0 Å². The molecule has 0 aromatic carbocycles. The maximum Gasteiger partial charge on any atom is 2.00 e. The van der Waals surface area contributed by atoms with Gasteiger partial charge in [-0.05, 0) is 13.8 Å². The van der Waals surface area contributed by atoms with Crippen molar-refractivity contribution < 1.29 is 2.85 Å². The Morgan fingerprint density at radius 3 is 1.83 bits per heavy atom. The van der Waals surface area contributed by atoms with E-state index < -0.39 is 0 Å². The van der Waals surface area contributed by atoms with Gasteiger partial charge in [0.1, 0.15) is 0 Å². The van der Waals surface area contributed by atoms with Gasteiger partial charge in [0.05, 0.1) is 0 Å². The molecule has 0 aromatic rings. The molecule has 0 unspecified atom stereocenters. The van der Waals surface area contributed by atoms with Crippen molar-refractivity contribution in [2.75, 3.05) is 0 Å². The molecule has 6 heavy (non-hydrogen) atoms. The second-order valence-electron chi connectivity index (χ2n) is 1.19. The fourth-order valence-electron chi connectivity index (χ4n) is 0. The Kier molecular flexibility index (Phi) is 9.59. The van der Waals surface area contributed by atoms with Crippen LogP contribution in [0.3, 0.4) is 0 Å². The molecule has 0 fully saturated rings. The summed E-state index contributed by atoms with van der Waals surface area (Å²) in [6, 6.07) is 0. The maximum atomic E-state index is 5.17. The van der Waals surface area contributed by atoms with Gasteiger partial charge in [0, 0.05) is 5.54 Å². The Balaban J connectivity index is -0.0000000267. The zero-order valence-electron chi connectivity index (χ0n) is 6.16. The number of rotatable bonds is 0. The van der Waals surface area contributed by atoms with Crippen LogP contribution in [-0.4, -0.2) is 23.1 Å². The summed E-state index contributed by atoms with van der Waals surface area (Å²) in [6.07, 6.45) is 0. The fraction of sp³-hybridized carbons (Fsp3) is 0.500. The minimum absolute atomic E-state index is 0. The van der Waals surface area contributed by atoms with Crippen LogP contribution in [0.5, 0.6) is 0 Å². The van der Waals surface area contributed by atoms with Crippen LogP contribution in [0.15, 0.2) is 11.1 Å². The van der Waals surface area contributed by atoms with Crippen molar-refractivity contribution in [3.8, 4) is 0 Å². The third-order valence-corrected chi connectivity index (χ3v) is 0.655. The Hall–Kier alpha value is 0.796. The van der Waals surface area contributed by atoms with Gasteiger partial charge in [-0.15, -0.1) is 0 Å². The first-order valence-electron chi connectivity index (χ1n) is 1.51. The number of halogens is 1. The van der Waals surface area contributed by atoms with E-state index in [1.165, 1.54) is 0 Å². The summed E-state index contributed by atoms with van der Waals surface area (Å²) in [5, 5.41) is 0. The molecule has 2 heteroatoms. The predicted molar refractivity (Wildman–Crippen MR) is 33.3 cm³/mol. The van der Waals surface area contributed by atoms with Gasteiger partial charge in [-0.25, -0.2) is 0 Å². The van der Waals surface area contributed by atoms with E-state index in [1.807, 2.05) is 13.8 Å². The SMILES string of the molecule is CC(C)=CCl.[H-].[H-].[Mg+2]. The molecule has 0 aromatic heterocycles. The van der Waals surface area contributed by atoms with E-state index in [-0.39, 0.29) is 25.9 Å². The van der Waals surface area contributed by atoms with Gasteiger partial charge in [-0.1, -0.05) is 17.2 Å². The Morgan fingerprint density at radius 2 is 1.83 bits per heavy atom. The molecule has 0 aliphatic rings. The van der Waals surface area contributed by atoms with Crippen LogP contribution in [0.25, 0.3) is 0 Å². The minimum atomic E-state index is 0. The zero-order chi connectivity index (χ0) is 4.28. The molecule has 0 aliphatic heterocycles. The fourth-order valence-corrected chi connectivity index (χ4v) is 0. The van der Waals surface area contributed by atoms with Gasteiger partial charge in [0.25, 0.3) is 0 Å². The van der Waals surface area contributed by atoms with Crippen molar-refractivity contribution in [3.05, 3.63) is 11.1 Å². The second-order valence-corrected chi connectivity index (χ2v) is 1.40. The minimum Gasteiger partial charge on any atom is -1.00 e. The average molecular weight is 117 g/mol. The standard InChI is InChI=1S/C4H7Cl.Mg.2H/c1-4(2)3-5;;;/h3H,1-2H3;;;/q;+2;2*-1. The molecular weight excluding hydrogens is 108 g/mol. The Morgan fingerprint density at radius 1 is 1.67 bits per heavy atom. The third-order valence-electron chi connectivity index (χ3n) is 0.218. The Labute approximate surface area is 62.7 Å². The van der Waals surface area contributed by atoms with Crippen molar-refractivity contribution in [1.29, 1.82) is 0 Å². The van der Waals surface area contributed by atoms with Crippen LogP contribution >= 0.6 is 11.6 Å². The van der Waals surface area contributed by atoms with E-state index >= 15 is 0 Å². The van der Waals surface area contributed by atoms with Crippen molar-refractivity contribution in [3.63, 3.8) is 0 Å². The molecule has 0 heterocycles. The van der Waals surface area contributed by atoms with Gasteiger partial charge < -0.3 is 2.85 Å². The van der Waals surface area contributed by atoms with Crippen LogP contribution in [0.2, 0.25) is 0 Å². The summed E-state index contributed by atoms with van der Waals surface area (Å²) in [5.74, 6) is 0. The Bertz CT molecular complexity index is 52.0. The van der Waals surface area contributed by atoms with E-state index in [4.69, 9.17) is 11.6 Å². The van der Waals surface area contributed by atoms with Crippen molar-refractivity contribution in [2.45, 2.75) is 13.8 Å². The topological polar surface area (TPSA) is 0 Å². The molecule has 0 atom stereocenters. The molecule has 0 spiro atoms. The molecule has 34 valence electrons. The third kappa shape index (κ3) is 8.84. The number of hydrogen-bond donors (Lipinski definition) is 0. The summed E-state index contributed by atoms with van der Waals surface area (Å²) in [6.45, 7) is 3.90. The molecule has 0 rings (SSSR count). The van der Waals surface area contributed by atoms with Crippen molar-refractivity contribution in [2.24, 2.45) is 0 Å². The number of hydrogen-bond acceptors (Lipinski definition) is 0. The van der Waals surface area contributed by atoms with Crippen molar-refractivity contribution in [1.82, 2.24) is 0 Å². The summed E-state index contributed by atoms with van der Waals surface area (Å²) >= 11 is 5.17.